The number of allylic oxidation sites excluding steroid dienone is 8. The van der Waals surface area contributed by atoms with Crippen molar-refractivity contribution in [2.45, 2.75) is 26.9 Å². The molecule has 0 spiro atoms. The fourth-order valence-electron chi connectivity index (χ4n) is 2.10. The van der Waals surface area contributed by atoms with E-state index in [-0.39, 0.29) is 0 Å². The Balaban J connectivity index is 2.98. The molecule has 4 nitrogen and oxygen atoms in total. The molecule has 0 saturated heterocycles. The molecule has 0 amide bonds. The maximum atomic E-state index is 5.99. The van der Waals surface area contributed by atoms with E-state index in [2.05, 4.69) is 29.6 Å². The van der Waals surface area contributed by atoms with Crippen molar-refractivity contribution in [1.82, 2.24) is 15.1 Å². The number of hydrogen-bond acceptors (Lipinski definition) is 3. The smallest absolute Gasteiger partial charge is 0.212 e. The van der Waals surface area contributed by atoms with Crippen LogP contribution in [-0.2, 0) is 13.1 Å². The lowest BCUT2D eigenvalue weighted by molar-refractivity contribution is 0.318. The summed E-state index contributed by atoms with van der Waals surface area (Å²) in [5.41, 5.74) is 3.09. The van der Waals surface area contributed by atoms with Crippen LogP contribution >= 0.6 is 0 Å². The second-order valence-electron chi connectivity index (χ2n) is 5.38. The monoisotopic (exact) mass is 339 g/mol. The predicted molar refractivity (Wildman–Crippen MR) is 107 cm³/mol. The minimum atomic E-state index is 0.451. The van der Waals surface area contributed by atoms with Crippen molar-refractivity contribution < 1.29 is 4.74 Å². The number of aromatic nitrogens is 2. The third kappa shape index (κ3) is 7.23. The van der Waals surface area contributed by atoms with Crippen LogP contribution in [0.25, 0.3) is 0 Å². The maximum Gasteiger partial charge on any atom is 0.212 e. The fourth-order valence-corrected chi connectivity index (χ4v) is 2.10. The van der Waals surface area contributed by atoms with Crippen LogP contribution < -0.4 is 10.1 Å². The van der Waals surface area contributed by atoms with Crippen molar-refractivity contribution in [3.63, 3.8) is 0 Å². The van der Waals surface area contributed by atoms with Gasteiger partial charge in [0.15, 0.2) is 0 Å². The van der Waals surface area contributed by atoms with Crippen LogP contribution in [0.2, 0.25) is 0 Å². The first-order valence-corrected chi connectivity index (χ1v) is 8.41. The Morgan fingerprint density at radius 1 is 1.28 bits per heavy atom. The van der Waals surface area contributed by atoms with E-state index >= 15 is 0 Å². The molecule has 1 rings (SSSR count). The van der Waals surface area contributed by atoms with Crippen molar-refractivity contribution in [1.29, 1.82) is 0 Å². The summed E-state index contributed by atoms with van der Waals surface area (Å²) in [7, 11) is 1.90. The van der Waals surface area contributed by atoms with Gasteiger partial charge in [0.2, 0.25) is 5.88 Å². The first kappa shape index (κ1) is 20.5. The van der Waals surface area contributed by atoms with Gasteiger partial charge in [-0.15, -0.1) is 0 Å². The lowest BCUT2D eigenvalue weighted by atomic mass is 10.2. The van der Waals surface area contributed by atoms with Crippen LogP contribution in [0.4, 0.5) is 0 Å². The second-order valence-corrected chi connectivity index (χ2v) is 5.38. The molecule has 0 aliphatic heterocycles. The number of hydrogen-bond donors (Lipinski definition) is 1. The standard InChI is InChI=1S/C21H29N3O/c1-6-10-12-18(8-3)16-24-21(14-20(23-24)15-22-5)25-17-19(9-4)13-11-7-2/h6-14,22H,1,4,15-17H2,2-3,5H3/b11-7-,12-10-,18-8+,19-13+. The zero-order chi connectivity index (χ0) is 18.5. The third-order valence-corrected chi connectivity index (χ3v) is 3.45. The van der Waals surface area contributed by atoms with Gasteiger partial charge in [-0.05, 0) is 32.0 Å². The lowest BCUT2D eigenvalue weighted by Crippen LogP contribution is -2.09. The zero-order valence-electron chi connectivity index (χ0n) is 15.5. The van der Waals surface area contributed by atoms with E-state index < -0.39 is 0 Å². The van der Waals surface area contributed by atoms with Gasteiger partial charge in [-0.1, -0.05) is 61.8 Å². The van der Waals surface area contributed by atoms with Gasteiger partial charge in [0.25, 0.3) is 0 Å². The highest BCUT2D eigenvalue weighted by Crippen LogP contribution is 2.17. The zero-order valence-corrected chi connectivity index (χ0v) is 15.5. The first-order chi connectivity index (χ1) is 12.2. The van der Waals surface area contributed by atoms with Crippen LogP contribution in [0.15, 0.2) is 79.0 Å². The van der Waals surface area contributed by atoms with Gasteiger partial charge in [-0.3, -0.25) is 0 Å². The largest absolute Gasteiger partial charge is 0.473 e. The van der Waals surface area contributed by atoms with Gasteiger partial charge in [0.1, 0.15) is 6.61 Å². The van der Waals surface area contributed by atoms with Gasteiger partial charge in [0.05, 0.1) is 12.2 Å². The van der Waals surface area contributed by atoms with E-state index in [4.69, 9.17) is 4.74 Å². The predicted octanol–water partition coefficient (Wildman–Crippen LogP) is 4.36. The van der Waals surface area contributed by atoms with E-state index in [1.165, 1.54) is 0 Å². The third-order valence-electron chi connectivity index (χ3n) is 3.45. The minimum Gasteiger partial charge on any atom is -0.473 e. The van der Waals surface area contributed by atoms with E-state index in [0.29, 0.717) is 19.7 Å². The molecule has 0 bridgehead atoms. The summed E-state index contributed by atoms with van der Waals surface area (Å²) in [4.78, 5) is 0. The quantitative estimate of drug-likeness (QED) is 0.609. The molecule has 0 aliphatic rings. The molecule has 0 aromatic carbocycles. The van der Waals surface area contributed by atoms with Crippen LogP contribution in [0.5, 0.6) is 5.88 Å². The summed E-state index contributed by atoms with van der Waals surface area (Å²) in [6.07, 6.45) is 15.5. The Labute approximate surface area is 151 Å². The summed E-state index contributed by atoms with van der Waals surface area (Å²) in [6.45, 7) is 13.3. The summed E-state index contributed by atoms with van der Waals surface area (Å²) < 4.78 is 7.87. The Kier molecular flexibility index (Phi) is 9.71. The number of nitrogens with one attached hydrogen (secondary N) is 1. The number of rotatable bonds is 11. The van der Waals surface area contributed by atoms with Crippen LogP contribution in [-0.4, -0.2) is 23.4 Å². The average Bonchev–Trinajstić information content (AvgIpc) is 3.00. The molecule has 25 heavy (non-hydrogen) atoms. The van der Waals surface area contributed by atoms with Crippen LogP contribution in [0, 0.1) is 0 Å². The molecule has 1 heterocycles. The number of ether oxygens (including phenoxy) is 1. The molecule has 0 atom stereocenters. The first-order valence-electron chi connectivity index (χ1n) is 8.41. The van der Waals surface area contributed by atoms with Crippen molar-refractivity contribution in [3.8, 4) is 5.88 Å². The minimum absolute atomic E-state index is 0.451. The molecule has 0 saturated carbocycles. The Bertz CT molecular complexity index is 675. The highest BCUT2D eigenvalue weighted by Gasteiger charge is 2.10. The Morgan fingerprint density at radius 3 is 2.68 bits per heavy atom. The maximum absolute atomic E-state index is 5.99. The molecule has 0 aliphatic carbocycles. The van der Waals surface area contributed by atoms with Crippen LogP contribution in [0.1, 0.15) is 19.5 Å². The van der Waals surface area contributed by atoms with Crippen molar-refractivity contribution >= 4 is 0 Å². The molecular weight excluding hydrogens is 310 g/mol. The molecule has 0 fully saturated rings. The average molecular weight is 339 g/mol. The highest BCUT2D eigenvalue weighted by molar-refractivity contribution is 5.26. The van der Waals surface area contributed by atoms with Crippen molar-refractivity contribution in [3.05, 3.63) is 84.7 Å². The summed E-state index contributed by atoms with van der Waals surface area (Å²) >= 11 is 0. The van der Waals surface area contributed by atoms with Gasteiger partial charge >= 0.3 is 0 Å². The summed E-state index contributed by atoms with van der Waals surface area (Å²) in [5.74, 6) is 0.741. The van der Waals surface area contributed by atoms with Gasteiger partial charge < -0.3 is 10.1 Å². The Hall–Kier alpha value is -2.59. The summed E-state index contributed by atoms with van der Waals surface area (Å²) in [5, 5.41) is 7.75. The van der Waals surface area contributed by atoms with Gasteiger partial charge in [-0.2, -0.15) is 5.10 Å². The molecule has 0 unspecified atom stereocenters. The second kappa shape index (κ2) is 11.9. The summed E-state index contributed by atoms with van der Waals surface area (Å²) in [6, 6.07) is 1.97. The molecule has 1 N–H and O–H groups in total. The van der Waals surface area contributed by atoms with E-state index in [9.17, 15) is 0 Å². The molecule has 134 valence electrons. The fraction of sp³-hybridized carbons (Fsp3) is 0.286. The SMILES string of the molecule is C=C/C=C\C(=C/C)Cn1nc(CNC)cc1OC/C(C=C)=C/C=C\C. The molecule has 0 radical (unpaired) electrons. The molecule has 1 aromatic heterocycles. The van der Waals surface area contributed by atoms with E-state index in [0.717, 1.165) is 22.7 Å². The van der Waals surface area contributed by atoms with E-state index in [1.807, 2.05) is 62.0 Å². The molecule has 1 aromatic rings. The molecule has 4 heteroatoms. The topological polar surface area (TPSA) is 39.1 Å². The lowest BCUT2D eigenvalue weighted by Gasteiger charge is -2.10. The van der Waals surface area contributed by atoms with Crippen molar-refractivity contribution in [2.24, 2.45) is 0 Å². The van der Waals surface area contributed by atoms with E-state index in [1.54, 1.807) is 12.2 Å². The van der Waals surface area contributed by atoms with Crippen molar-refractivity contribution in [2.75, 3.05) is 13.7 Å². The number of nitrogens with zero attached hydrogens (tertiary/aromatic N) is 2. The highest BCUT2D eigenvalue weighted by atomic mass is 16.5. The molecular formula is C21H29N3O. The van der Waals surface area contributed by atoms with Gasteiger partial charge in [0, 0.05) is 12.6 Å². The normalized spacial score (nSPS) is 12.9. The Morgan fingerprint density at radius 2 is 2.08 bits per heavy atom. The van der Waals surface area contributed by atoms with Gasteiger partial charge in [-0.25, -0.2) is 4.68 Å². The van der Waals surface area contributed by atoms with Crippen LogP contribution in [0.3, 0.4) is 0 Å².